The molecule has 0 aliphatic heterocycles. The molecular formula is C25H41SiTi. The first-order chi connectivity index (χ1) is 12.2. The van der Waals surface area contributed by atoms with Crippen LogP contribution >= 0.6 is 0 Å². The first-order valence-corrected chi connectivity index (χ1v) is 16.3. The molecule has 1 aromatic carbocycles. The van der Waals surface area contributed by atoms with Crippen LogP contribution in [-0.4, -0.2) is 8.07 Å². The summed E-state index contributed by atoms with van der Waals surface area (Å²) >= 11 is -1.43. The van der Waals surface area contributed by atoms with Gasteiger partial charge in [-0.3, -0.25) is 0 Å². The molecule has 0 N–H and O–H groups in total. The van der Waals surface area contributed by atoms with Crippen LogP contribution in [0, 0.1) is 0 Å². The Morgan fingerprint density at radius 1 is 0.704 bits per heavy atom. The molecule has 0 amide bonds. The zero-order valence-corrected chi connectivity index (χ0v) is 22.4. The van der Waals surface area contributed by atoms with Crippen molar-refractivity contribution in [3.63, 3.8) is 0 Å². The van der Waals surface area contributed by atoms with Gasteiger partial charge in [-0.1, -0.05) is 0 Å². The molecule has 149 valence electrons. The maximum absolute atomic E-state index is 2.64. The van der Waals surface area contributed by atoms with Gasteiger partial charge in [-0.2, -0.15) is 0 Å². The van der Waals surface area contributed by atoms with Crippen LogP contribution in [0.4, 0.5) is 0 Å². The third-order valence-corrected chi connectivity index (χ3v) is 22.5. The van der Waals surface area contributed by atoms with Crippen LogP contribution < -0.4 is 5.19 Å². The van der Waals surface area contributed by atoms with Gasteiger partial charge in [-0.05, 0) is 0 Å². The second-order valence-corrected chi connectivity index (χ2v) is 21.8. The monoisotopic (exact) mass is 417 g/mol. The summed E-state index contributed by atoms with van der Waals surface area (Å²) in [5, 5.41) is 7.44. The third kappa shape index (κ3) is 2.87. The Bertz CT molecular complexity index is 729. The molecule has 0 spiro atoms. The van der Waals surface area contributed by atoms with Gasteiger partial charge in [0.25, 0.3) is 0 Å². The van der Waals surface area contributed by atoms with Crippen molar-refractivity contribution >= 4 is 13.3 Å². The molecule has 0 aromatic heterocycles. The Morgan fingerprint density at radius 3 is 1.37 bits per heavy atom. The summed E-state index contributed by atoms with van der Waals surface area (Å²) < 4.78 is 0.305. The van der Waals surface area contributed by atoms with E-state index in [1.165, 1.54) is 0 Å². The SMILES string of the molecule is CC1=C(C)[C]([Ti]([CH3])[CH3])([Si](c2ccccc2)(C(C)(C)C)C(C)(C)C)C(C)=C1C. The Balaban J connectivity index is 3.20. The van der Waals surface area contributed by atoms with E-state index in [0.29, 0.717) is 3.34 Å². The van der Waals surface area contributed by atoms with E-state index in [-0.39, 0.29) is 10.1 Å². The van der Waals surface area contributed by atoms with Crippen molar-refractivity contribution in [3.05, 3.63) is 52.6 Å². The fourth-order valence-corrected chi connectivity index (χ4v) is 27.4. The predicted octanol–water partition coefficient (Wildman–Crippen LogP) is 8.04. The van der Waals surface area contributed by atoms with Crippen LogP contribution in [0.5, 0.6) is 0 Å². The fourth-order valence-electron chi connectivity index (χ4n) is 7.11. The summed E-state index contributed by atoms with van der Waals surface area (Å²) in [5.74, 6) is 0. The minimum absolute atomic E-state index is 0.254. The average molecular weight is 418 g/mol. The molecule has 0 atom stereocenters. The number of hydrogen-bond donors (Lipinski definition) is 0. The number of rotatable bonds is 3. The van der Waals surface area contributed by atoms with E-state index in [4.69, 9.17) is 0 Å². The fraction of sp³-hybridized carbons (Fsp3) is 0.600. The van der Waals surface area contributed by atoms with Gasteiger partial charge in [-0.15, -0.1) is 0 Å². The first-order valence-electron chi connectivity index (χ1n) is 10.4. The molecule has 0 fully saturated rings. The van der Waals surface area contributed by atoms with E-state index >= 15 is 0 Å². The van der Waals surface area contributed by atoms with Crippen LogP contribution in [0.15, 0.2) is 52.6 Å². The van der Waals surface area contributed by atoms with Gasteiger partial charge < -0.3 is 0 Å². The zero-order valence-electron chi connectivity index (χ0n) is 19.9. The van der Waals surface area contributed by atoms with Gasteiger partial charge >= 0.3 is 177 Å². The van der Waals surface area contributed by atoms with Crippen LogP contribution in [0.2, 0.25) is 23.9 Å². The van der Waals surface area contributed by atoms with E-state index in [1.54, 1.807) is 27.5 Å². The molecule has 0 bridgehead atoms. The van der Waals surface area contributed by atoms with Gasteiger partial charge in [0, 0.05) is 0 Å². The van der Waals surface area contributed by atoms with Gasteiger partial charge in [0.1, 0.15) is 0 Å². The Kier molecular flexibility index (Phi) is 6.07. The van der Waals surface area contributed by atoms with Crippen molar-refractivity contribution in [1.82, 2.24) is 0 Å². The quantitative estimate of drug-likeness (QED) is 0.437. The molecule has 1 aliphatic carbocycles. The topological polar surface area (TPSA) is 0 Å². The normalized spacial score (nSPS) is 18.4. The maximum atomic E-state index is 2.64. The zero-order chi connectivity index (χ0) is 21.0. The van der Waals surface area contributed by atoms with E-state index in [2.05, 4.69) is 110 Å². The Labute approximate surface area is 176 Å². The molecule has 2 heteroatoms. The summed E-state index contributed by atoms with van der Waals surface area (Å²) in [7, 11) is -2.11. The van der Waals surface area contributed by atoms with Crippen molar-refractivity contribution in [2.75, 3.05) is 0 Å². The number of hydrogen-bond acceptors (Lipinski definition) is 0. The van der Waals surface area contributed by atoms with Gasteiger partial charge in [-0.25, -0.2) is 0 Å². The molecule has 0 saturated heterocycles. The van der Waals surface area contributed by atoms with Crippen molar-refractivity contribution in [1.29, 1.82) is 0 Å². The summed E-state index contributed by atoms with van der Waals surface area (Å²) in [5.41, 5.74) is 6.56. The molecule has 2 rings (SSSR count). The molecule has 0 unspecified atom stereocenters. The van der Waals surface area contributed by atoms with Crippen LogP contribution in [-0.2, 0) is 17.9 Å². The van der Waals surface area contributed by atoms with Crippen LogP contribution in [0.1, 0.15) is 69.2 Å². The van der Waals surface area contributed by atoms with Crippen molar-refractivity contribution in [2.24, 2.45) is 0 Å². The summed E-state index contributed by atoms with van der Waals surface area (Å²) in [4.78, 5) is 0. The van der Waals surface area contributed by atoms with E-state index < -0.39 is 25.9 Å². The summed E-state index contributed by atoms with van der Waals surface area (Å²) in [6.45, 7) is 25.0. The van der Waals surface area contributed by atoms with E-state index in [9.17, 15) is 0 Å². The Hall–Kier alpha value is -0.369. The molecule has 0 radical (unpaired) electrons. The molecule has 1 aromatic rings. The summed E-state index contributed by atoms with van der Waals surface area (Å²) in [6, 6.07) is 11.7. The van der Waals surface area contributed by atoms with Gasteiger partial charge in [0.2, 0.25) is 0 Å². The second kappa shape index (κ2) is 7.15. The molecule has 0 heterocycles. The van der Waals surface area contributed by atoms with Crippen molar-refractivity contribution < 1.29 is 17.9 Å². The Morgan fingerprint density at radius 2 is 1.07 bits per heavy atom. The third-order valence-electron chi connectivity index (χ3n) is 7.58. The van der Waals surface area contributed by atoms with Gasteiger partial charge in [0.05, 0.1) is 0 Å². The van der Waals surface area contributed by atoms with Crippen LogP contribution in [0.3, 0.4) is 0 Å². The average Bonchev–Trinajstić information content (AvgIpc) is 2.70. The van der Waals surface area contributed by atoms with Crippen molar-refractivity contribution in [2.45, 2.75) is 93.1 Å². The summed E-state index contributed by atoms with van der Waals surface area (Å²) in [6.07, 6.45) is 0. The predicted molar refractivity (Wildman–Crippen MR) is 122 cm³/mol. The minimum atomic E-state index is -2.11. The molecule has 0 saturated carbocycles. The molecule has 1 aliphatic rings. The molecule has 27 heavy (non-hydrogen) atoms. The molecular weight excluding hydrogens is 376 g/mol. The van der Waals surface area contributed by atoms with E-state index in [0.717, 1.165) is 0 Å². The first kappa shape index (κ1) is 22.9. The van der Waals surface area contributed by atoms with Crippen molar-refractivity contribution in [3.8, 4) is 0 Å². The molecule has 0 nitrogen and oxygen atoms in total. The van der Waals surface area contributed by atoms with E-state index in [1.807, 2.05) is 0 Å². The number of benzene rings is 1. The standard InChI is InChI=1S/C23H35Si.2CH3.Ti/c1-16-17(2)19(4)21(18(16)3)24(22(5,6)7,23(8,9)10)20-14-12-11-13-15-20;;;/h11-15H,1-10H3;2*1H3;. The van der Waals surface area contributed by atoms with Gasteiger partial charge in [0.15, 0.2) is 0 Å². The van der Waals surface area contributed by atoms with Crippen LogP contribution in [0.25, 0.3) is 0 Å². The second-order valence-electron chi connectivity index (χ2n) is 10.9. The number of allylic oxidation sites excluding steroid dienone is 4.